The third-order valence-corrected chi connectivity index (χ3v) is 2.98. The molecular weight excluding hydrogens is 209 g/mol. The Balaban J connectivity index is 2.94. The molecule has 0 aromatic heterocycles. The number of hydrogen-bond acceptors (Lipinski definition) is 2. The molecule has 1 fully saturated rings. The van der Waals surface area contributed by atoms with Gasteiger partial charge in [-0.3, -0.25) is 9.46 Å². The van der Waals surface area contributed by atoms with E-state index in [2.05, 4.69) is 27.2 Å². The molecule has 0 aromatic rings. The second kappa shape index (κ2) is 5.17. The number of carbonyl (C=O) groups is 1. The summed E-state index contributed by atoms with van der Waals surface area (Å²) in [6.07, 6.45) is 6.09. The minimum atomic E-state index is -0.863. The molecule has 1 rings (SSSR count). The van der Waals surface area contributed by atoms with Crippen LogP contribution in [0.15, 0.2) is 0 Å². The Morgan fingerprint density at radius 2 is 2.40 bits per heavy atom. The molecule has 1 heterocycles. The summed E-state index contributed by atoms with van der Waals surface area (Å²) in [5.74, 6) is 7.28. The van der Waals surface area contributed by atoms with Crippen LogP contribution in [0.3, 0.4) is 0 Å². The van der Waals surface area contributed by atoms with Gasteiger partial charge in [-0.2, -0.15) is 0 Å². The van der Waals surface area contributed by atoms with E-state index in [9.17, 15) is 4.79 Å². The molecular formula is C11H14NO2P. The first-order valence-corrected chi connectivity index (χ1v) is 5.32. The van der Waals surface area contributed by atoms with Crippen LogP contribution in [-0.2, 0) is 4.79 Å². The Hall–Kier alpha value is -1.02. The average molecular weight is 223 g/mol. The third-order valence-electron chi connectivity index (χ3n) is 2.45. The highest BCUT2D eigenvalue weighted by Gasteiger charge is 2.42. The van der Waals surface area contributed by atoms with Crippen LogP contribution in [0.2, 0.25) is 0 Å². The molecule has 3 nitrogen and oxygen atoms in total. The third kappa shape index (κ3) is 2.51. The predicted octanol–water partition coefficient (Wildman–Crippen LogP) is 0.824. The molecule has 15 heavy (non-hydrogen) atoms. The Labute approximate surface area is 92.5 Å². The van der Waals surface area contributed by atoms with E-state index in [0.717, 1.165) is 6.42 Å². The summed E-state index contributed by atoms with van der Waals surface area (Å²) in [4.78, 5) is 11.1. The van der Waals surface area contributed by atoms with E-state index >= 15 is 0 Å². The first kappa shape index (κ1) is 12.1. The summed E-state index contributed by atoms with van der Waals surface area (Å²) in [5, 5.41) is 9.08. The van der Waals surface area contributed by atoms with E-state index in [1.165, 1.54) is 0 Å². The van der Waals surface area contributed by atoms with Gasteiger partial charge in [-0.05, 0) is 0 Å². The zero-order chi connectivity index (χ0) is 11.4. The normalized spacial score (nSPS) is 30.3. The van der Waals surface area contributed by atoms with Crippen LogP contribution in [0, 0.1) is 36.0 Å². The van der Waals surface area contributed by atoms with Crippen molar-refractivity contribution in [1.29, 1.82) is 0 Å². The zero-order valence-corrected chi connectivity index (χ0v) is 9.76. The first-order chi connectivity index (χ1) is 7.11. The summed E-state index contributed by atoms with van der Waals surface area (Å²) in [7, 11) is 2.41. The lowest BCUT2D eigenvalue weighted by molar-refractivity contribution is -0.141. The van der Waals surface area contributed by atoms with Gasteiger partial charge >= 0.3 is 5.97 Å². The van der Waals surface area contributed by atoms with Gasteiger partial charge in [0, 0.05) is 18.9 Å². The first-order valence-electron chi connectivity index (χ1n) is 4.80. The van der Waals surface area contributed by atoms with Gasteiger partial charge in [-0.15, -0.1) is 18.3 Å². The van der Waals surface area contributed by atoms with Crippen LogP contribution in [0.4, 0.5) is 0 Å². The minimum Gasteiger partial charge on any atom is -0.480 e. The highest BCUT2D eigenvalue weighted by Crippen LogP contribution is 2.31. The van der Waals surface area contributed by atoms with Gasteiger partial charge in [0.1, 0.15) is 6.04 Å². The Morgan fingerprint density at radius 1 is 1.73 bits per heavy atom. The standard InChI is InChI=1S/C11H14NO2P/c1-3-5-6-9-8(4-2)7-12(15)10(9)11(13)14/h2,8-10H,3,7,15H2,1H3,(H,13,14). The zero-order valence-electron chi connectivity index (χ0n) is 8.60. The summed E-state index contributed by atoms with van der Waals surface area (Å²) >= 11 is 0. The fraction of sp³-hybridized carbons (Fsp3) is 0.545. The number of carboxylic acids is 1. The second-order valence-corrected chi connectivity index (χ2v) is 4.12. The summed E-state index contributed by atoms with van der Waals surface area (Å²) in [6, 6.07) is -0.602. The molecule has 4 atom stereocenters. The topological polar surface area (TPSA) is 40.5 Å². The smallest absolute Gasteiger partial charge is 0.322 e. The fourth-order valence-corrected chi connectivity index (χ4v) is 2.27. The molecule has 0 aromatic carbocycles. The van der Waals surface area contributed by atoms with Gasteiger partial charge in [-0.1, -0.05) is 22.2 Å². The van der Waals surface area contributed by atoms with Crippen LogP contribution >= 0.6 is 9.39 Å². The molecule has 0 spiro atoms. The van der Waals surface area contributed by atoms with Gasteiger partial charge in [0.15, 0.2) is 0 Å². The molecule has 4 unspecified atom stereocenters. The SMILES string of the molecule is C#CC1CN(P)C(C(=O)O)C1C#CCC. The molecule has 0 aliphatic carbocycles. The molecule has 0 bridgehead atoms. The van der Waals surface area contributed by atoms with E-state index in [1.54, 1.807) is 4.67 Å². The van der Waals surface area contributed by atoms with Crippen LogP contribution in [0.1, 0.15) is 13.3 Å². The number of nitrogens with zero attached hydrogens (tertiary/aromatic N) is 1. The predicted molar refractivity (Wildman–Crippen MR) is 61.7 cm³/mol. The van der Waals surface area contributed by atoms with Crippen molar-refractivity contribution in [2.45, 2.75) is 19.4 Å². The van der Waals surface area contributed by atoms with Crippen molar-refractivity contribution >= 4 is 15.4 Å². The summed E-state index contributed by atoms with van der Waals surface area (Å²) in [6.45, 7) is 2.50. The minimum absolute atomic E-state index is 0.0948. The quantitative estimate of drug-likeness (QED) is 0.528. The number of hydrogen-bond donors (Lipinski definition) is 1. The molecule has 1 aliphatic heterocycles. The van der Waals surface area contributed by atoms with Crippen molar-refractivity contribution in [3.05, 3.63) is 0 Å². The van der Waals surface area contributed by atoms with Crippen LogP contribution < -0.4 is 0 Å². The van der Waals surface area contributed by atoms with Crippen molar-refractivity contribution in [1.82, 2.24) is 4.67 Å². The number of terminal acetylenes is 1. The maximum Gasteiger partial charge on any atom is 0.322 e. The van der Waals surface area contributed by atoms with Crippen molar-refractivity contribution in [3.63, 3.8) is 0 Å². The second-order valence-electron chi connectivity index (χ2n) is 3.45. The summed E-state index contributed by atoms with van der Waals surface area (Å²) in [5.41, 5.74) is 0. The van der Waals surface area contributed by atoms with E-state index < -0.39 is 12.0 Å². The summed E-state index contributed by atoms with van der Waals surface area (Å²) < 4.78 is 1.68. The van der Waals surface area contributed by atoms with Gasteiger partial charge < -0.3 is 5.11 Å². The maximum absolute atomic E-state index is 11.1. The van der Waals surface area contributed by atoms with E-state index in [0.29, 0.717) is 6.54 Å². The number of aliphatic carboxylic acids is 1. The lowest BCUT2D eigenvalue weighted by Gasteiger charge is -2.16. The Kier molecular flexibility index (Phi) is 4.15. The average Bonchev–Trinajstić information content (AvgIpc) is 2.51. The van der Waals surface area contributed by atoms with Gasteiger partial charge in [0.25, 0.3) is 0 Å². The molecule has 4 heteroatoms. The molecule has 0 saturated carbocycles. The molecule has 1 saturated heterocycles. The highest BCUT2D eigenvalue weighted by atomic mass is 31.0. The maximum atomic E-state index is 11.1. The monoisotopic (exact) mass is 223 g/mol. The lowest BCUT2D eigenvalue weighted by atomic mass is 9.91. The van der Waals surface area contributed by atoms with Crippen molar-refractivity contribution in [2.75, 3.05) is 6.54 Å². The van der Waals surface area contributed by atoms with E-state index in [-0.39, 0.29) is 11.8 Å². The molecule has 0 amide bonds. The van der Waals surface area contributed by atoms with E-state index in [1.807, 2.05) is 6.92 Å². The van der Waals surface area contributed by atoms with Crippen LogP contribution in [0.25, 0.3) is 0 Å². The van der Waals surface area contributed by atoms with Gasteiger partial charge in [-0.25, -0.2) is 0 Å². The molecule has 1 N–H and O–H groups in total. The van der Waals surface area contributed by atoms with Crippen molar-refractivity contribution in [3.8, 4) is 24.2 Å². The van der Waals surface area contributed by atoms with Crippen molar-refractivity contribution < 1.29 is 9.90 Å². The van der Waals surface area contributed by atoms with Gasteiger partial charge in [0.2, 0.25) is 0 Å². The van der Waals surface area contributed by atoms with Gasteiger partial charge in [0.05, 0.1) is 5.92 Å². The largest absolute Gasteiger partial charge is 0.480 e. The van der Waals surface area contributed by atoms with E-state index in [4.69, 9.17) is 11.5 Å². The lowest BCUT2D eigenvalue weighted by Crippen LogP contribution is -2.33. The Morgan fingerprint density at radius 3 is 2.87 bits per heavy atom. The Bertz CT molecular complexity index is 350. The van der Waals surface area contributed by atoms with Crippen LogP contribution in [-0.4, -0.2) is 28.3 Å². The number of carboxylic acid groups (broad SMARTS) is 1. The van der Waals surface area contributed by atoms with Crippen LogP contribution in [0.5, 0.6) is 0 Å². The molecule has 0 radical (unpaired) electrons. The van der Waals surface area contributed by atoms with Crippen molar-refractivity contribution in [2.24, 2.45) is 11.8 Å². The highest BCUT2D eigenvalue weighted by molar-refractivity contribution is 7.13. The molecule has 1 aliphatic rings. The molecule has 80 valence electrons. The fourth-order valence-electron chi connectivity index (χ4n) is 1.73. The number of rotatable bonds is 1.